The first-order chi connectivity index (χ1) is 9.13. The summed E-state index contributed by atoms with van der Waals surface area (Å²) in [6.45, 7) is 3.07. The second kappa shape index (κ2) is 5.56. The molecule has 1 heterocycles. The van der Waals surface area contributed by atoms with Gasteiger partial charge in [0, 0.05) is 24.5 Å². The molecule has 0 fully saturated rings. The number of hydrogen-bond donors (Lipinski definition) is 1. The summed E-state index contributed by atoms with van der Waals surface area (Å²) >= 11 is 0. The molecule has 0 aliphatic carbocycles. The lowest BCUT2D eigenvalue weighted by atomic mass is 10.1. The maximum atomic E-state index is 12.1. The molecule has 0 aliphatic heterocycles. The summed E-state index contributed by atoms with van der Waals surface area (Å²) in [6.07, 6.45) is 4.40. The fourth-order valence-corrected chi connectivity index (χ4v) is 2.07. The summed E-state index contributed by atoms with van der Waals surface area (Å²) < 4.78 is 3.24. The van der Waals surface area contributed by atoms with E-state index in [0.717, 1.165) is 12.0 Å². The molecule has 0 aliphatic rings. The van der Waals surface area contributed by atoms with Gasteiger partial charge in [-0.15, -0.1) is 0 Å². The number of rotatable bonds is 5. The minimum absolute atomic E-state index is 0.0684. The van der Waals surface area contributed by atoms with Crippen molar-refractivity contribution in [2.75, 3.05) is 0 Å². The van der Waals surface area contributed by atoms with E-state index in [4.69, 9.17) is 5.73 Å². The molecule has 100 valence electrons. The van der Waals surface area contributed by atoms with Gasteiger partial charge in [0.1, 0.15) is 0 Å². The van der Waals surface area contributed by atoms with Crippen LogP contribution in [0.4, 0.5) is 0 Å². The molecule has 0 atom stereocenters. The molecule has 2 N–H and O–H groups in total. The predicted octanol–water partition coefficient (Wildman–Crippen LogP) is 1.21. The smallest absolute Gasteiger partial charge is 0.328 e. The number of aryl methyl sites for hydroxylation is 1. The van der Waals surface area contributed by atoms with Gasteiger partial charge in [-0.2, -0.15) is 0 Å². The number of aromatic nitrogens is 2. The lowest BCUT2D eigenvalue weighted by molar-refractivity contribution is 0.0999. The predicted molar refractivity (Wildman–Crippen MR) is 73.0 cm³/mol. The molecular weight excluding hydrogens is 242 g/mol. The van der Waals surface area contributed by atoms with Crippen molar-refractivity contribution >= 4 is 5.91 Å². The van der Waals surface area contributed by atoms with Crippen LogP contribution in [0.1, 0.15) is 29.3 Å². The van der Waals surface area contributed by atoms with Crippen LogP contribution in [-0.2, 0) is 13.1 Å². The van der Waals surface area contributed by atoms with Crippen LogP contribution in [-0.4, -0.2) is 15.0 Å². The highest BCUT2D eigenvalue weighted by atomic mass is 16.2. The van der Waals surface area contributed by atoms with Gasteiger partial charge in [-0.1, -0.05) is 25.1 Å². The molecule has 5 heteroatoms. The fraction of sp³-hybridized carbons (Fsp3) is 0.286. The van der Waals surface area contributed by atoms with Crippen molar-refractivity contribution in [1.82, 2.24) is 9.13 Å². The second-order valence-corrected chi connectivity index (χ2v) is 4.42. The molecule has 0 spiro atoms. The summed E-state index contributed by atoms with van der Waals surface area (Å²) in [7, 11) is 0. The lowest BCUT2D eigenvalue weighted by Crippen LogP contribution is -2.25. The molecule has 1 amide bonds. The normalized spacial score (nSPS) is 10.6. The first kappa shape index (κ1) is 13.1. The molecule has 0 radical (unpaired) electrons. The van der Waals surface area contributed by atoms with Crippen LogP contribution in [0.2, 0.25) is 0 Å². The average Bonchev–Trinajstić information content (AvgIpc) is 2.73. The van der Waals surface area contributed by atoms with Crippen molar-refractivity contribution in [1.29, 1.82) is 0 Å². The van der Waals surface area contributed by atoms with Gasteiger partial charge >= 0.3 is 5.69 Å². The Kier molecular flexibility index (Phi) is 3.85. The molecule has 0 saturated heterocycles. The summed E-state index contributed by atoms with van der Waals surface area (Å²) in [5.74, 6) is -0.475. The van der Waals surface area contributed by atoms with Gasteiger partial charge in [0.2, 0.25) is 5.91 Å². The third-order valence-corrected chi connectivity index (χ3v) is 3.01. The van der Waals surface area contributed by atoms with Gasteiger partial charge in [0.15, 0.2) is 0 Å². The van der Waals surface area contributed by atoms with E-state index in [0.29, 0.717) is 18.7 Å². The topological polar surface area (TPSA) is 70.0 Å². The van der Waals surface area contributed by atoms with Gasteiger partial charge in [-0.05, 0) is 18.1 Å². The highest BCUT2D eigenvalue weighted by Crippen LogP contribution is 2.09. The molecule has 0 unspecified atom stereocenters. The molecule has 0 saturated carbocycles. The van der Waals surface area contributed by atoms with Gasteiger partial charge in [0.05, 0.1) is 6.54 Å². The molecule has 2 aromatic rings. The number of nitrogens with zero attached hydrogens (tertiary/aromatic N) is 2. The molecule has 1 aromatic heterocycles. The summed E-state index contributed by atoms with van der Waals surface area (Å²) in [5, 5.41) is 0. The Labute approximate surface area is 111 Å². The van der Waals surface area contributed by atoms with E-state index in [1.54, 1.807) is 33.7 Å². The Morgan fingerprint density at radius 3 is 2.58 bits per heavy atom. The van der Waals surface area contributed by atoms with Crippen molar-refractivity contribution in [2.24, 2.45) is 5.73 Å². The molecular formula is C14H17N3O2. The monoisotopic (exact) mass is 259 g/mol. The Morgan fingerprint density at radius 2 is 1.89 bits per heavy atom. The molecule has 2 rings (SSSR count). The third kappa shape index (κ3) is 2.76. The van der Waals surface area contributed by atoms with Crippen molar-refractivity contribution in [3.05, 3.63) is 58.3 Å². The average molecular weight is 259 g/mol. The van der Waals surface area contributed by atoms with Gasteiger partial charge in [0.25, 0.3) is 0 Å². The van der Waals surface area contributed by atoms with Gasteiger partial charge in [-0.25, -0.2) is 4.79 Å². The first-order valence-corrected chi connectivity index (χ1v) is 6.26. The standard InChI is InChI=1S/C14H17N3O2/c1-2-7-16-8-9-17(14(16)19)10-11-5-3-4-6-12(11)13(15)18/h3-6,8-9H,2,7,10H2,1H3,(H2,15,18). The summed E-state index contributed by atoms with van der Waals surface area (Å²) in [5.41, 5.74) is 6.47. The Balaban J connectivity index is 2.32. The van der Waals surface area contributed by atoms with E-state index >= 15 is 0 Å². The van der Waals surface area contributed by atoms with Crippen molar-refractivity contribution in [3.8, 4) is 0 Å². The quantitative estimate of drug-likeness (QED) is 0.876. The maximum absolute atomic E-state index is 12.1. The van der Waals surface area contributed by atoms with Gasteiger partial charge < -0.3 is 5.73 Å². The highest BCUT2D eigenvalue weighted by Gasteiger charge is 2.09. The minimum atomic E-state index is -0.475. The van der Waals surface area contributed by atoms with E-state index in [1.165, 1.54) is 0 Å². The van der Waals surface area contributed by atoms with E-state index in [2.05, 4.69) is 0 Å². The Bertz CT molecular complexity index is 640. The van der Waals surface area contributed by atoms with E-state index in [1.807, 2.05) is 19.1 Å². The Hall–Kier alpha value is -2.30. The number of amides is 1. The van der Waals surface area contributed by atoms with E-state index in [-0.39, 0.29) is 5.69 Å². The van der Waals surface area contributed by atoms with E-state index in [9.17, 15) is 9.59 Å². The van der Waals surface area contributed by atoms with Crippen LogP contribution in [0.15, 0.2) is 41.5 Å². The molecule has 19 heavy (non-hydrogen) atoms. The lowest BCUT2D eigenvalue weighted by Gasteiger charge is -2.06. The van der Waals surface area contributed by atoms with Crippen LogP contribution in [0.25, 0.3) is 0 Å². The zero-order valence-electron chi connectivity index (χ0n) is 10.9. The van der Waals surface area contributed by atoms with Gasteiger partial charge in [-0.3, -0.25) is 13.9 Å². The van der Waals surface area contributed by atoms with Crippen LogP contribution in [0.5, 0.6) is 0 Å². The maximum Gasteiger partial charge on any atom is 0.328 e. The SMILES string of the molecule is CCCn1ccn(Cc2ccccc2C(N)=O)c1=O. The Morgan fingerprint density at radius 1 is 1.21 bits per heavy atom. The number of primary amides is 1. The fourth-order valence-electron chi connectivity index (χ4n) is 2.07. The minimum Gasteiger partial charge on any atom is -0.366 e. The summed E-state index contributed by atoms with van der Waals surface area (Å²) in [4.78, 5) is 23.4. The third-order valence-electron chi connectivity index (χ3n) is 3.01. The van der Waals surface area contributed by atoms with Crippen LogP contribution in [0.3, 0.4) is 0 Å². The molecule has 1 aromatic carbocycles. The number of hydrogen-bond acceptors (Lipinski definition) is 2. The number of benzene rings is 1. The largest absolute Gasteiger partial charge is 0.366 e. The van der Waals surface area contributed by atoms with Crippen molar-refractivity contribution in [2.45, 2.75) is 26.4 Å². The van der Waals surface area contributed by atoms with E-state index < -0.39 is 5.91 Å². The van der Waals surface area contributed by atoms with Crippen LogP contribution >= 0.6 is 0 Å². The van der Waals surface area contributed by atoms with Crippen molar-refractivity contribution in [3.63, 3.8) is 0 Å². The second-order valence-electron chi connectivity index (χ2n) is 4.42. The summed E-state index contributed by atoms with van der Waals surface area (Å²) in [6, 6.07) is 7.07. The first-order valence-electron chi connectivity index (χ1n) is 6.26. The molecule has 5 nitrogen and oxygen atoms in total. The highest BCUT2D eigenvalue weighted by molar-refractivity contribution is 5.94. The van der Waals surface area contributed by atoms with Crippen LogP contribution < -0.4 is 11.4 Å². The number of imidazole rings is 1. The number of nitrogens with two attached hydrogens (primary N) is 1. The van der Waals surface area contributed by atoms with Crippen molar-refractivity contribution < 1.29 is 4.79 Å². The van der Waals surface area contributed by atoms with Crippen LogP contribution in [0, 0.1) is 0 Å². The zero-order chi connectivity index (χ0) is 13.8. The molecule has 0 bridgehead atoms. The number of carbonyl (C=O) groups is 1. The number of carbonyl (C=O) groups excluding carboxylic acids is 1. The zero-order valence-corrected chi connectivity index (χ0v) is 10.9.